The Labute approximate surface area is 139 Å². The Kier molecular flexibility index (Phi) is 3.63. The fourth-order valence-electron chi connectivity index (χ4n) is 2.56. The molecule has 0 N–H and O–H groups in total. The number of nitrogens with zero attached hydrogens (tertiary/aromatic N) is 3. The second-order valence-electron chi connectivity index (χ2n) is 5.38. The molecular weight excluding hydrogens is 301 g/mol. The Hall–Kier alpha value is -3.27. The zero-order valence-electron chi connectivity index (χ0n) is 12.8. The first kappa shape index (κ1) is 14.3. The van der Waals surface area contributed by atoms with E-state index in [0.717, 1.165) is 22.6 Å². The van der Waals surface area contributed by atoms with Crippen molar-refractivity contribution in [2.45, 2.75) is 0 Å². The highest BCUT2D eigenvalue weighted by Gasteiger charge is 2.14. The molecule has 0 aliphatic carbocycles. The van der Waals surface area contributed by atoms with Gasteiger partial charge in [-0.25, -0.2) is 14.1 Å². The molecule has 4 rings (SSSR count). The second-order valence-corrected chi connectivity index (χ2v) is 5.38. The van der Waals surface area contributed by atoms with E-state index in [1.807, 2.05) is 60.7 Å². The Balaban J connectivity index is 1.90. The fraction of sp³-hybridized carbons (Fsp3) is 0. The molecular formula is C20H14FN3. The van der Waals surface area contributed by atoms with E-state index in [2.05, 4.69) is 5.10 Å². The van der Waals surface area contributed by atoms with Crippen molar-refractivity contribution >= 4 is 0 Å². The van der Waals surface area contributed by atoms with Crippen LogP contribution >= 0.6 is 0 Å². The second kappa shape index (κ2) is 6.08. The van der Waals surface area contributed by atoms with Gasteiger partial charge in [-0.2, -0.15) is 0 Å². The summed E-state index contributed by atoms with van der Waals surface area (Å²) in [6.07, 6.45) is 0. The fourth-order valence-corrected chi connectivity index (χ4v) is 2.56. The van der Waals surface area contributed by atoms with Gasteiger partial charge in [0.25, 0.3) is 0 Å². The molecule has 0 amide bonds. The van der Waals surface area contributed by atoms with Crippen molar-refractivity contribution in [2.75, 3.05) is 0 Å². The number of rotatable bonds is 3. The number of aromatic nitrogens is 3. The van der Waals surface area contributed by atoms with E-state index in [0.29, 0.717) is 5.82 Å². The molecule has 1 heterocycles. The van der Waals surface area contributed by atoms with Crippen LogP contribution in [0, 0.1) is 5.82 Å². The van der Waals surface area contributed by atoms with Crippen molar-refractivity contribution in [3.8, 4) is 28.5 Å². The summed E-state index contributed by atoms with van der Waals surface area (Å²) < 4.78 is 15.0. The molecule has 116 valence electrons. The molecule has 0 spiro atoms. The van der Waals surface area contributed by atoms with E-state index in [1.165, 1.54) is 12.1 Å². The van der Waals surface area contributed by atoms with Crippen LogP contribution < -0.4 is 0 Å². The monoisotopic (exact) mass is 315 g/mol. The van der Waals surface area contributed by atoms with Crippen LogP contribution in [0.15, 0.2) is 84.9 Å². The molecule has 0 fully saturated rings. The molecule has 24 heavy (non-hydrogen) atoms. The molecule has 4 heteroatoms. The van der Waals surface area contributed by atoms with Crippen molar-refractivity contribution < 1.29 is 4.39 Å². The zero-order chi connectivity index (χ0) is 16.4. The molecule has 0 unspecified atom stereocenters. The molecule has 0 bridgehead atoms. The maximum atomic E-state index is 13.3. The Morgan fingerprint density at radius 1 is 0.667 bits per heavy atom. The highest BCUT2D eigenvalue weighted by molar-refractivity contribution is 5.63. The lowest BCUT2D eigenvalue weighted by Crippen LogP contribution is -1.99. The van der Waals surface area contributed by atoms with E-state index in [4.69, 9.17) is 4.98 Å². The van der Waals surface area contributed by atoms with Crippen LogP contribution in [0.25, 0.3) is 28.5 Å². The molecule has 0 saturated heterocycles. The molecule has 0 radical (unpaired) electrons. The van der Waals surface area contributed by atoms with E-state index < -0.39 is 0 Å². The minimum absolute atomic E-state index is 0.275. The number of hydrogen-bond acceptors (Lipinski definition) is 2. The van der Waals surface area contributed by atoms with Crippen molar-refractivity contribution in [3.63, 3.8) is 0 Å². The van der Waals surface area contributed by atoms with Crippen LogP contribution in [0.1, 0.15) is 0 Å². The summed E-state index contributed by atoms with van der Waals surface area (Å²) in [6.45, 7) is 0. The minimum Gasteiger partial charge on any atom is -0.213 e. The maximum absolute atomic E-state index is 13.3. The number of halogens is 1. The van der Waals surface area contributed by atoms with Gasteiger partial charge in [0.05, 0.1) is 5.69 Å². The quantitative estimate of drug-likeness (QED) is 0.546. The van der Waals surface area contributed by atoms with Gasteiger partial charge in [0.15, 0.2) is 11.6 Å². The minimum atomic E-state index is -0.275. The molecule has 0 aliphatic heterocycles. The standard InChI is InChI=1S/C20H14FN3/c21-17-11-13-18(14-12-17)24-20(16-9-5-2-6-10-16)22-19(23-24)15-7-3-1-4-8-15/h1-14H. The van der Waals surface area contributed by atoms with Crippen LogP contribution in [0.2, 0.25) is 0 Å². The van der Waals surface area contributed by atoms with E-state index in [1.54, 1.807) is 16.8 Å². The van der Waals surface area contributed by atoms with Gasteiger partial charge < -0.3 is 0 Å². The third-order valence-corrected chi connectivity index (χ3v) is 3.74. The zero-order valence-corrected chi connectivity index (χ0v) is 12.8. The largest absolute Gasteiger partial charge is 0.213 e. The van der Waals surface area contributed by atoms with Gasteiger partial charge in [-0.3, -0.25) is 0 Å². The van der Waals surface area contributed by atoms with Crippen LogP contribution in [0.4, 0.5) is 4.39 Å². The van der Waals surface area contributed by atoms with Crippen LogP contribution in [-0.2, 0) is 0 Å². The lowest BCUT2D eigenvalue weighted by Gasteiger charge is -2.05. The van der Waals surface area contributed by atoms with Crippen LogP contribution in [0.3, 0.4) is 0 Å². The van der Waals surface area contributed by atoms with Crippen molar-refractivity contribution in [3.05, 3.63) is 90.7 Å². The summed E-state index contributed by atoms with van der Waals surface area (Å²) in [4.78, 5) is 4.71. The Morgan fingerprint density at radius 3 is 1.88 bits per heavy atom. The third-order valence-electron chi connectivity index (χ3n) is 3.74. The first-order chi connectivity index (χ1) is 11.8. The van der Waals surface area contributed by atoms with Crippen LogP contribution in [0.5, 0.6) is 0 Å². The lowest BCUT2D eigenvalue weighted by molar-refractivity contribution is 0.627. The van der Waals surface area contributed by atoms with Gasteiger partial charge in [-0.15, -0.1) is 5.10 Å². The average molecular weight is 315 g/mol. The predicted octanol–water partition coefficient (Wildman–Crippen LogP) is 4.74. The van der Waals surface area contributed by atoms with E-state index in [-0.39, 0.29) is 5.82 Å². The van der Waals surface area contributed by atoms with Crippen LogP contribution in [-0.4, -0.2) is 14.8 Å². The topological polar surface area (TPSA) is 30.7 Å². The van der Waals surface area contributed by atoms with Crippen molar-refractivity contribution in [2.24, 2.45) is 0 Å². The average Bonchev–Trinajstić information content (AvgIpc) is 3.09. The summed E-state index contributed by atoms with van der Waals surface area (Å²) in [5.41, 5.74) is 2.66. The number of benzene rings is 3. The van der Waals surface area contributed by atoms with Crippen molar-refractivity contribution in [1.82, 2.24) is 14.8 Å². The maximum Gasteiger partial charge on any atom is 0.182 e. The van der Waals surface area contributed by atoms with Gasteiger partial charge in [-0.1, -0.05) is 60.7 Å². The Morgan fingerprint density at radius 2 is 1.25 bits per heavy atom. The lowest BCUT2D eigenvalue weighted by atomic mass is 10.2. The molecule has 0 saturated carbocycles. The molecule has 1 aromatic heterocycles. The van der Waals surface area contributed by atoms with Gasteiger partial charge in [0.1, 0.15) is 5.82 Å². The van der Waals surface area contributed by atoms with Gasteiger partial charge in [0.2, 0.25) is 0 Å². The highest BCUT2D eigenvalue weighted by atomic mass is 19.1. The smallest absolute Gasteiger partial charge is 0.182 e. The van der Waals surface area contributed by atoms with Gasteiger partial charge in [-0.05, 0) is 24.3 Å². The molecule has 0 aliphatic rings. The van der Waals surface area contributed by atoms with Gasteiger partial charge >= 0.3 is 0 Å². The summed E-state index contributed by atoms with van der Waals surface area (Å²) >= 11 is 0. The first-order valence-corrected chi connectivity index (χ1v) is 7.65. The normalized spacial score (nSPS) is 10.7. The van der Waals surface area contributed by atoms with E-state index in [9.17, 15) is 4.39 Å². The van der Waals surface area contributed by atoms with Crippen molar-refractivity contribution in [1.29, 1.82) is 0 Å². The molecule has 3 nitrogen and oxygen atoms in total. The summed E-state index contributed by atoms with van der Waals surface area (Å²) in [5.74, 6) is 1.09. The first-order valence-electron chi connectivity index (χ1n) is 7.65. The highest BCUT2D eigenvalue weighted by Crippen LogP contribution is 2.25. The summed E-state index contributed by atoms with van der Waals surface area (Å²) in [5, 5.41) is 4.64. The molecule has 3 aromatic carbocycles. The molecule has 0 atom stereocenters. The summed E-state index contributed by atoms with van der Waals surface area (Å²) in [6, 6.07) is 25.9. The SMILES string of the molecule is Fc1ccc(-n2nc(-c3ccccc3)nc2-c2ccccc2)cc1. The summed E-state index contributed by atoms with van der Waals surface area (Å²) in [7, 11) is 0. The number of hydrogen-bond donors (Lipinski definition) is 0. The third kappa shape index (κ3) is 2.70. The Bertz CT molecular complexity index is 945. The predicted molar refractivity (Wildman–Crippen MR) is 92.2 cm³/mol. The molecule has 4 aromatic rings. The van der Waals surface area contributed by atoms with E-state index >= 15 is 0 Å². The van der Waals surface area contributed by atoms with Gasteiger partial charge in [0, 0.05) is 11.1 Å².